The number of hydrogen-bond donors (Lipinski definition) is 2. The van der Waals surface area contributed by atoms with Crippen LogP contribution in [0.4, 0.5) is 8.78 Å². The van der Waals surface area contributed by atoms with Crippen LogP contribution in [-0.4, -0.2) is 33.9 Å². The van der Waals surface area contributed by atoms with E-state index >= 15 is 0 Å². The molecule has 3 aromatic rings. The molecule has 2 aromatic carbocycles. The average molecular weight is 371 g/mol. The molecular weight excluding hydrogens is 356 g/mol. The van der Waals surface area contributed by atoms with Crippen molar-refractivity contribution in [2.45, 2.75) is 6.04 Å². The van der Waals surface area contributed by atoms with Crippen molar-refractivity contribution in [1.29, 1.82) is 0 Å². The minimum atomic E-state index is -1.22. The Labute approximate surface area is 153 Å². The van der Waals surface area contributed by atoms with Crippen LogP contribution in [0.25, 0.3) is 5.69 Å². The van der Waals surface area contributed by atoms with Gasteiger partial charge in [0.15, 0.2) is 17.3 Å². The first kappa shape index (κ1) is 18.2. The highest BCUT2D eigenvalue weighted by atomic mass is 19.2. The molecule has 138 valence electrons. The summed E-state index contributed by atoms with van der Waals surface area (Å²) in [6.45, 7) is 0. The van der Waals surface area contributed by atoms with Crippen molar-refractivity contribution in [1.82, 2.24) is 25.6 Å². The predicted molar refractivity (Wildman–Crippen MR) is 92.0 cm³/mol. The lowest BCUT2D eigenvalue weighted by Gasteiger charge is -2.17. The molecule has 1 unspecified atom stereocenters. The van der Waals surface area contributed by atoms with E-state index in [1.165, 1.54) is 24.1 Å². The number of carbonyl (C=O) groups is 2. The largest absolute Gasteiger partial charge is 0.357 e. The minimum absolute atomic E-state index is 0.0321. The molecule has 1 heterocycles. The summed E-state index contributed by atoms with van der Waals surface area (Å²) in [4.78, 5) is 25.9. The van der Waals surface area contributed by atoms with Crippen LogP contribution in [0.5, 0.6) is 0 Å². The lowest BCUT2D eigenvalue weighted by Crippen LogP contribution is -2.39. The van der Waals surface area contributed by atoms with Gasteiger partial charge in [0.1, 0.15) is 6.04 Å². The van der Waals surface area contributed by atoms with Gasteiger partial charge in [0.05, 0.1) is 11.9 Å². The first-order valence-corrected chi connectivity index (χ1v) is 7.95. The van der Waals surface area contributed by atoms with Crippen LogP contribution in [0, 0.1) is 11.6 Å². The van der Waals surface area contributed by atoms with Gasteiger partial charge in [0, 0.05) is 7.05 Å². The molecule has 0 saturated carbocycles. The molecule has 9 heteroatoms. The Morgan fingerprint density at radius 3 is 2.48 bits per heavy atom. The van der Waals surface area contributed by atoms with Crippen LogP contribution in [-0.2, 0) is 4.79 Å². The molecule has 3 rings (SSSR count). The van der Waals surface area contributed by atoms with Crippen LogP contribution < -0.4 is 10.6 Å². The normalized spacial score (nSPS) is 11.7. The van der Waals surface area contributed by atoms with Crippen molar-refractivity contribution in [3.8, 4) is 5.69 Å². The fourth-order valence-corrected chi connectivity index (χ4v) is 2.39. The number of likely N-dealkylation sites (N-methyl/N-ethyl adjacent to an activating group) is 1. The number of benzene rings is 2. The maximum absolute atomic E-state index is 13.5. The predicted octanol–water partition coefficient (Wildman–Crippen LogP) is 1.76. The number of halogens is 2. The van der Waals surface area contributed by atoms with E-state index in [-0.39, 0.29) is 11.3 Å². The molecule has 27 heavy (non-hydrogen) atoms. The highest BCUT2D eigenvalue weighted by Gasteiger charge is 2.25. The molecule has 2 N–H and O–H groups in total. The molecule has 0 aliphatic carbocycles. The SMILES string of the molecule is CNC(=O)C(NC(=O)c1cnn(-c2ccccc2)n1)c1ccc(F)c(F)c1. The Morgan fingerprint density at radius 1 is 1.07 bits per heavy atom. The lowest BCUT2D eigenvalue weighted by molar-refractivity contribution is -0.122. The summed E-state index contributed by atoms with van der Waals surface area (Å²) in [5.74, 6) is -3.45. The number of para-hydroxylation sites is 1. The molecule has 7 nitrogen and oxygen atoms in total. The zero-order chi connectivity index (χ0) is 19.4. The number of nitrogens with zero attached hydrogens (tertiary/aromatic N) is 3. The highest BCUT2D eigenvalue weighted by molar-refractivity contribution is 5.96. The highest BCUT2D eigenvalue weighted by Crippen LogP contribution is 2.17. The number of rotatable bonds is 5. The third-order valence-electron chi connectivity index (χ3n) is 3.77. The van der Waals surface area contributed by atoms with Crippen LogP contribution >= 0.6 is 0 Å². The van der Waals surface area contributed by atoms with Gasteiger partial charge in [-0.25, -0.2) is 8.78 Å². The second kappa shape index (κ2) is 7.73. The van der Waals surface area contributed by atoms with Crippen molar-refractivity contribution in [2.75, 3.05) is 7.05 Å². The summed E-state index contributed by atoms with van der Waals surface area (Å²) in [7, 11) is 1.37. The van der Waals surface area contributed by atoms with Crippen molar-refractivity contribution in [3.05, 3.63) is 77.6 Å². The minimum Gasteiger partial charge on any atom is -0.357 e. The number of hydrogen-bond acceptors (Lipinski definition) is 4. The summed E-state index contributed by atoms with van der Waals surface area (Å²) < 4.78 is 26.7. The van der Waals surface area contributed by atoms with E-state index in [1.54, 1.807) is 24.3 Å². The molecule has 0 fully saturated rings. The van der Waals surface area contributed by atoms with Crippen LogP contribution in [0.15, 0.2) is 54.7 Å². The fraction of sp³-hybridized carbons (Fsp3) is 0.111. The van der Waals surface area contributed by atoms with Gasteiger partial charge in [-0.05, 0) is 29.8 Å². The third-order valence-corrected chi connectivity index (χ3v) is 3.77. The molecule has 0 aliphatic rings. The smallest absolute Gasteiger partial charge is 0.274 e. The van der Waals surface area contributed by atoms with Crippen molar-refractivity contribution >= 4 is 11.8 Å². The van der Waals surface area contributed by atoms with Crippen LogP contribution in [0.1, 0.15) is 22.1 Å². The quantitative estimate of drug-likeness (QED) is 0.715. The van der Waals surface area contributed by atoms with Crippen molar-refractivity contribution in [3.63, 3.8) is 0 Å². The van der Waals surface area contributed by atoms with E-state index in [9.17, 15) is 18.4 Å². The maximum Gasteiger partial charge on any atom is 0.274 e. The van der Waals surface area contributed by atoms with Gasteiger partial charge >= 0.3 is 0 Å². The summed E-state index contributed by atoms with van der Waals surface area (Å²) in [5.41, 5.74) is 0.715. The Balaban J connectivity index is 1.84. The molecule has 0 spiro atoms. The lowest BCUT2D eigenvalue weighted by atomic mass is 10.1. The number of amides is 2. The molecule has 1 atom stereocenters. The van der Waals surface area contributed by atoms with Gasteiger partial charge in [0.2, 0.25) is 5.91 Å². The van der Waals surface area contributed by atoms with Gasteiger partial charge in [-0.1, -0.05) is 24.3 Å². The zero-order valence-corrected chi connectivity index (χ0v) is 14.2. The first-order chi connectivity index (χ1) is 13.0. The zero-order valence-electron chi connectivity index (χ0n) is 14.2. The maximum atomic E-state index is 13.5. The second-order valence-electron chi connectivity index (χ2n) is 5.55. The number of carbonyl (C=O) groups excluding carboxylic acids is 2. The van der Waals surface area contributed by atoms with Gasteiger partial charge in [-0.3, -0.25) is 9.59 Å². The van der Waals surface area contributed by atoms with E-state index < -0.39 is 29.5 Å². The summed E-state index contributed by atoms with van der Waals surface area (Å²) in [5, 5.41) is 12.9. The average Bonchev–Trinajstić information content (AvgIpc) is 3.19. The van der Waals surface area contributed by atoms with Crippen molar-refractivity contribution in [2.24, 2.45) is 0 Å². The van der Waals surface area contributed by atoms with Gasteiger partial charge < -0.3 is 10.6 Å². The summed E-state index contributed by atoms with van der Waals surface area (Å²) >= 11 is 0. The van der Waals surface area contributed by atoms with E-state index in [1.807, 2.05) is 6.07 Å². The molecule has 0 radical (unpaired) electrons. The van der Waals surface area contributed by atoms with E-state index in [4.69, 9.17) is 0 Å². The monoisotopic (exact) mass is 371 g/mol. The fourth-order valence-electron chi connectivity index (χ4n) is 2.39. The third kappa shape index (κ3) is 3.97. The Bertz CT molecular complexity index is 975. The van der Waals surface area contributed by atoms with E-state index in [0.29, 0.717) is 5.69 Å². The summed E-state index contributed by atoms with van der Waals surface area (Å²) in [6.07, 6.45) is 1.24. The van der Waals surface area contributed by atoms with Crippen molar-refractivity contribution < 1.29 is 18.4 Å². The topological polar surface area (TPSA) is 88.9 Å². The first-order valence-electron chi connectivity index (χ1n) is 7.95. The molecular formula is C18H15F2N5O2. The molecule has 0 saturated heterocycles. The Morgan fingerprint density at radius 2 is 1.81 bits per heavy atom. The van der Waals surface area contributed by atoms with E-state index in [0.717, 1.165) is 12.1 Å². The Hall–Kier alpha value is -3.62. The van der Waals surface area contributed by atoms with Gasteiger partial charge in [-0.2, -0.15) is 9.90 Å². The standard InChI is InChI=1S/C18H15F2N5O2/c1-21-18(27)16(11-7-8-13(19)14(20)9-11)23-17(26)15-10-22-25(24-15)12-5-3-2-4-6-12/h2-10,16H,1H3,(H,21,27)(H,23,26). The van der Waals surface area contributed by atoms with Gasteiger partial charge in [0.25, 0.3) is 5.91 Å². The van der Waals surface area contributed by atoms with E-state index in [2.05, 4.69) is 20.8 Å². The number of aromatic nitrogens is 3. The molecule has 2 amide bonds. The Kier molecular flexibility index (Phi) is 5.20. The molecule has 1 aromatic heterocycles. The molecule has 0 bridgehead atoms. The summed E-state index contributed by atoms with van der Waals surface area (Å²) in [6, 6.07) is 10.7. The van der Waals surface area contributed by atoms with Crippen LogP contribution in [0.3, 0.4) is 0 Å². The molecule has 0 aliphatic heterocycles. The number of nitrogens with one attached hydrogen (secondary N) is 2. The van der Waals surface area contributed by atoms with Crippen LogP contribution in [0.2, 0.25) is 0 Å². The van der Waals surface area contributed by atoms with Gasteiger partial charge in [-0.15, -0.1) is 5.10 Å². The second-order valence-corrected chi connectivity index (χ2v) is 5.55.